The number of aryl methyl sites for hydroxylation is 1. The van der Waals surface area contributed by atoms with Crippen molar-refractivity contribution in [2.45, 2.75) is 27.3 Å². The van der Waals surface area contributed by atoms with E-state index in [2.05, 4.69) is 5.32 Å². The van der Waals surface area contributed by atoms with E-state index in [0.717, 1.165) is 16.8 Å². The third-order valence-corrected chi connectivity index (χ3v) is 5.46. The lowest BCUT2D eigenvalue weighted by Gasteiger charge is -2.16. The van der Waals surface area contributed by atoms with Gasteiger partial charge in [0.05, 0.1) is 33.5 Å². The number of rotatable bonds is 9. The van der Waals surface area contributed by atoms with E-state index in [-0.39, 0.29) is 19.1 Å². The molecule has 0 fully saturated rings. The summed E-state index contributed by atoms with van der Waals surface area (Å²) in [5, 5.41) is 2.88. The van der Waals surface area contributed by atoms with E-state index < -0.39 is 5.97 Å². The van der Waals surface area contributed by atoms with Crippen LogP contribution in [0, 0.1) is 13.8 Å². The van der Waals surface area contributed by atoms with Crippen LogP contribution in [-0.4, -0.2) is 44.4 Å². The van der Waals surface area contributed by atoms with Crippen molar-refractivity contribution in [2.75, 3.05) is 33.3 Å². The first-order valence-electron chi connectivity index (χ1n) is 10.9. The second-order valence-electron chi connectivity index (χ2n) is 7.66. The number of aromatic nitrogens is 1. The fourth-order valence-corrected chi connectivity index (χ4v) is 3.73. The number of carbonyl (C=O) groups is 2. The van der Waals surface area contributed by atoms with Crippen molar-refractivity contribution in [1.82, 2.24) is 4.57 Å². The maximum Gasteiger partial charge on any atom is 0.339 e. The minimum absolute atomic E-state index is 0.00882. The molecule has 180 valence electrons. The Balaban J connectivity index is 1.96. The lowest BCUT2D eigenvalue weighted by molar-refractivity contribution is -0.116. The number of ether oxygens (including phenoxy) is 4. The first kappa shape index (κ1) is 24.7. The van der Waals surface area contributed by atoms with Gasteiger partial charge in [0.2, 0.25) is 11.7 Å². The van der Waals surface area contributed by atoms with E-state index in [4.69, 9.17) is 18.9 Å². The van der Waals surface area contributed by atoms with Gasteiger partial charge in [0, 0.05) is 29.2 Å². The van der Waals surface area contributed by atoms with Crippen LogP contribution in [0.15, 0.2) is 42.5 Å². The summed E-state index contributed by atoms with van der Waals surface area (Å²) in [5.74, 6) is 0.595. The Morgan fingerprint density at radius 2 is 1.53 bits per heavy atom. The molecular formula is C26H30N2O6. The number of carbonyl (C=O) groups excluding carboxylic acids is 2. The summed E-state index contributed by atoms with van der Waals surface area (Å²) in [5.41, 5.74) is 4.33. The average molecular weight is 467 g/mol. The topological polar surface area (TPSA) is 88.0 Å². The molecule has 34 heavy (non-hydrogen) atoms. The molecule has 0 aliphatic rings. The molecule has 0 atom stereocenters. The van der Waals surface area contributed by atoms with Gasteiger partial charge < -0.3 is 28.8 Å². The van der Waals surface area contributed by atoms with Gasteiger partial charge in [-0.3, -0.25) is 4.79 Å². The third-order valence-electron chi connectivity index (χ3n) is 5.46. The molecule has 0 saturated carbocycles. The van der Waals surface area contributed by atoms with Crippen LogP contribution in [-0.2, 0) is 16.1 Å². The van der Waals surface area contributed by atoms with E-state index in [1.54, 1.807) is 32.0 Å². The molecule has 0 aliphatic carbocycles. The number of esters is 1. The molecule has 1 N–H and O–H groups in total. The quantitative estimate of drug-likeness (QED) is 0.463. The molecule has 0 bridgehead atoms. The summed E-state index contributed by atoms with van der Waals surface area (Å²) >= 11 is 0. The number of hydrogen-bond acceptors (Lipinski definition) is 6. The summed E-state index contributed by atoms with van der Waals surface area (Å²) in [6.45, 7) is 5.83. The summed E-state index contributed by atoms with van der Waals surface area (Å²) in [6.07, 6.45) is 0. The van der Waals surface area contributed by atoms with Gasteiger partial charge in [-0.25, -0.2) is 4.79 Å². The number of amides is 1. The second-order valence-corrected chi connectivity index (χ2v) is 7.66. The summed E-state index contributed by atoms with van der Waals surface area (Å²) in [4.78, 5) is 25.6. The maximum atomic E-state index is 13.1. The van der Waals surface area contributed by atoms with Gasteiger partial charge in [0.25, 0.3) is 0 Å². The lowest BCUT2D eigenvalue weighted by atomic mass is 10.1. The molecule has 3 rings (SSSR count). The van der Waals surface area contributed by atoms with Crippen LogP contribution in [0.25, 0.3) is 11.3 Å². The standard InChI is InChI=1S/C26H30N2O6/c1-7-34-26(30)20-14-21(18-10-8-16(2)9-11-18)28(17(20)3)15-24(29)27-19-12-22(31-4)25(33-6)23(13-19)32-5/h8-14H,7,15H2,1-6H3,(H,27,29). The molecule has 0 radical (unpaired) electrons. The van der Waals surface area contributed by atoms with Crippen molar-refractivity contribution in [3.63, 3.8) is 0 Å². The zero-order valence-corrected chi connectivity index (χ0v) is 20.4. The van der Waals surface area contributed by atoms with Crippen LogP contribution >= 0.6 is 0 Å². The Kier molecular flexibility index (Phi) is 7.83. The van der Waals surface area contributed by atoms with Gasteiger partial charge in [0.1, 0.15) is 6.54 Å². The van der Waals surface area contributed by atoms with Crippen LogP contribution < -0.4 is 19.5 Å². The highest BCUT2D eigenvalue weighted by atomic mass is 16.5. The highest BCUT2D eigenvalue weighted by Crippen LogP contribution is 2.40. The van der Waals surface area contributed by atoms with E-state index in [9.17, 15) is 9.59 Å². The molecule has 1 amide bonds. The smallest absolute Gasteiger partial charge is 0.339 e. The van der Waals surface area contributed by atoms with Gasteiger partial charge in [-0.1, -0.05) is 29.8 Å². The van der Waals surface area contributed by atoms with Gasteiger partial charge >= 0.3 is 5.97 Å². The van der Waals surface area contributed by atoms with Crippen molar-refractivity contribution >= 4 is 17.6 Å². The van der Waals surface area contributed by atoms with Crippen molar-refractivity contribution < 1.29 is 28.5 Å². The number of nitrogens with zero attached hydrogens (tertiary/aromatic N) is 1. The van der Waals surface area contributed by atoms with E-state index in [1.807, 2.05) is 35.8 Å². The first-order chi connectivity index (χ1) is 16.3. The monoisotopic (exact) mass is 466 g/mol. The Morgan fingerprint density at radius 3 is 2.06 bits per heavy atom. The first-order valence-corrected chi connectivity index (χ1v) is 10.9. The van der Waals surface area contributed by atoms with E-state index in [0.29, 0.717) is 34.2 Å². The molecule has 2 aromatic carbocycles. The van der Waals surface area contributed by atoms with Gasteiger partial charge in [-0.2, -0.15) is 0 Å². The Hall–Kier alpha value is -3.94. The zero-order chi connectivity index (χ0) is 24.8. The minimum Gasteiger partial charge on any atom is -0.493 e. The fourth-order valence-electron chi connectivity index (χ4n) is 3.73. The minimum atomic E-state index is -0.419. The Labute approximate surface area is 199 Å². The van der Waals surface area contributed by atoms with Crippen molar-refractivity contribution in [3.8, 4) is 28.5 Å². The molecular weight excluding hydrogens is 436 g/mol. The number of hydrogen-bond donors (Lipinski definition) is 1. The van der Waals surface area contributed by atoms with Crippen LogP contribution in [0.1, 0.15) is 28.5 Å². The van der Waals surface area contributed by atoms with Crippen molar-refractivity contribution in [3.05, 3.63) is 59.3 Å². The molecule has 8 heteroatoms. The predicted octanol–water partition coefficient (Wildman–Crippen LogP) is 4.61. The fraction of sp³-hybridized carbons (Fsp3) is 0.308. The third kappa shape index (κ3) is 5.17. The normalized spacial score (nSPS) is 10.5. The van der Waals surface area contributed by atoms with Crippen molar-refractivity contribution in [1.29, 1.82) is 0 Å². The summed E-state index contributed by atoms with van der Waals surface area (Å²) in [6, 6.07) is 13.0. The predicted molar refractivity (Wildman–Crippen MR) is 130 cm³/mol. The van der Waals surface area contributed by atoms with Crippen LogP contribution in [0.3, 0.4) is 0 Å². The number of nitrogens with one attached hydrogen (secondary N) is 1. The molecule has 0 aliphatic heterocycles. The summed E-state index contributed by atoms with van der Waals surface area (Å²) in [7, 11) is 4.54. The largest absolute Gasteiger partial charge is 0.493 e. The molecule has 3 aromatic rings. The van der Waals surface area contributed by atoms with E-state index >= 15 is 0 Å². The Bertz CT molecular complexity index is 1160. The van der Waals surface area contributed by atoms with Crippen LogP contribution in [0.2, 0.25) is 0 Å². The SMILES string of the molecule is CCOC(=O)c1cc(-c2ccc(C)cc2)n(CC(=O)Nc2cc(OC)c(OC)c(OC)c2)c1C. The van der Waals surface area contributed by atoms with E-state index in [1.165, 1.54) is 21.3 Å². The summed E-state index contributed by atoms with van der Waals surface area (Å²) < 4.78 is 23.1. The van der Waals surface area contributed by atoms with Gasteiger partial charge in [-0.15, -0.1) is 0 Å². The molecule has 0 saturated heterocycles. The average Bonchev–Trinajstić information content (AvgIpc) is 3.14. The van der Waals surface area contributed by atoms with Crippen LogP contribution in [0.4, 0.5) is 5.69 Å². The van der Waals surface area contributed by atoms with Gasteiger partial charge in [-0.05, 0) is 32.4 Å². The molecule has 0 unspecified atom stereocenters. The highest BCUT2D eigenvalue weighted by molar-refractivity contribution is 5.95. The highest BCUT2D eigenvalue weighted by Gasteiger charge is 2.21. The molecule has 0 spiro atoms. The second kappa shape index (κ2) is 10.8. The van der Waals surface area contributed by atoms with Crippen molar-refractivity contribution in [2.24, 2.45) is 0 Å². The maximum absolute atomic E-state index is 13.1. The molecule has 8 nitrogen and oxygen atoms in total. The number of benzene rings is 2. The Morgan fingerprint density at radius 1 is 0.912 bits per heavy atom. The zero-order valence-electron chi connectivity index (χ0n) is 20.4. The number of anilines is 1. The van der Waals surface area contributed by atoms with Gasteiger partial charge in [0.15, 0.2) is 11.5 Å². The molecule has 1 aromatic heterocycles. The molecule has 1 heterocycles. The lowest BCUT2D eigenvalue weighted by Crippen LogP contribution is -2.20. The van der Waals surface area contributed by atoms with Crippen LogP contribution in [0.5, 0.6) is 17.2 Å². The number of methoxy groups -OCH3 is 3.